The lowest BCUT2D eigenvalue weighted by Crippen LogP contribution is -2.36. The Morgan fingerprint density at radius 3 is 2.32 bits per heavy atom. The van der Waals surface area contributed by atoms with Crippen LogP contribution < -0.4 is 10.6 Å². The molecule has 0 heterocycles. The van der Waals surface area contributed by atoms with Crippen LogP contribution >= 0.6 is 0 Å². The summed E-state index contributed by atoms with van der Waals surface area (Å²) >= 11 is 0. The van der Waals surface area contributed by atoms with Crippen LogP contribution in [0.5, 0.6) is 0 Å². The van der Waals surface area contributed by atoms with Gasteiger partial charge in [-0.15, -0.1) is 0 Å². The predicted molar refractivity (Wildman–Crippen MR) is 82.1 cm³/mol. The summed E-state index contributed by atoms with van der Waals surface area (Å²) in [4.78, 5) is 34.4. The van der Waals surface area contributed by atoms with Gasteiger partial charge in [0.05, 0.1) is 5.56 Å². The maximum atomic E-state index is 11.9. The molecule has 0 aliphatic rings. The Labute approximate surface area is 130 Å². The highest BCUT2D eigenvalue weighted by atomic mass is 16.5. The molecule has 0 spiro atoms. The second kappa shape index (κ2) is 8.81. The van der Waals surface area contributed by atoms with Crippen LogP contribution in [-0.4, -0.2) is 30.4 Å². The number of ether oxygens (including phenoxy) is 1. The SMILES string of the molecule is CCCNC(=O)C(C)OC(=O)c1ccc(CNC(C)=O)cc1. The smallest absolute Gasteiger partial charge is 0.338 e. The van der Waals surface area contributed by atoms with Crippen LogP contribution in [0.15, 0.2) is 24.3 Å². The zero-order valence-electron chi connectivity index (χ0n) is 13.1. The predicted octanol–water partition coefficient (Wildman–Crippen LogP) is 1.39. The maximum absolute atomic E-state index is 11.9. The molecule has 2 N–H and O–H groups in total. The fourth-order valence-electron chi connectivity index (χ4n) is 1.66. The van der Waals surface area contributed by atoms with Gasteiger partial charge in [0.1, 0.15) is 0 Å². The molecular formula is C16H22N2O4. The third-order valence-corrected chi connectivity index (χ3v) is 2.93. The molecule has 1 aromatic rings. The average molecular weight is 306 g/mol. The van der Waals surface area contributed by atoms with E-state index in [1.165, 1.54) is 13.8 Å². The lowest BCUT2D eigenvalue weighted by molar-refractivity contribution is -0.129. The standard InChI is InChI=1S/C16H22N2O4/c1-4-9-17-15(20)11(2)22-16(21)14-7-5-13(6-8-14)10-18-12(3)19/h5-8,11H,4,9-10H2,1-3H3,(H,17,20)(H,18,19). The minimum atomic E-state index is -0.835. The number of hydrogen-bond donors (Lipinski definition) is 2. The van der Waals surface area contributed by atoms with Crippen molar-refractivity contribution in [2.75, 3.05) is 6.54 Å². The van der Waals surface area contributed by atoms with Crippen LogP contribution in [0.1, 0.15) is 43.1 Å². The first-order valence-electron chi connectivity index (χ1n) is 7.26. The van der Waals surface area contributed by atoms with Crippen LogP contribution in [0, 0.1) is 0 Å². The molecule has 0 saturated heterocycles. The van der Waals surface area contributed by atoms with E-state index in [2.05, 4.69) is 10.6 Å². The third kappa shape index (κ3) is 5.95. The highest BCUT2D eigenvalue weighted by Gasteiger charge is 2.18. The summed E-state index contributed by atoms with van der Waals surface area (Å²) in [6.45, 7) is 5.88. The highest BCUT2D eigenvalue weighted by Crippen LogP contribution is 2.07. The molecule has 0 aliphatic heterocycles. The molecule has 0 aromatic heterocycles. The molecule has 0 bridgehead atoms. The summed E-state index contributed by atoms with van der Waals surface area (Å²) in [5.74, 6) is -0.974. The van der Waals surface area contributed by atoms with Crippen molar-refractivity contribution < 1.29 is 19.1 Å². The highest BCUT2D eigenvalue weighted by molar-refractivity contribution is 5.92. The number of amides is 2. The van der Waals surface area contributed by atoms with Gasteiger partial charge in [-0.05, 0) is 31.0 Å². The Bertz CT molecular complexity index is 525. The average Bonchev–Trinajstić information content (AvgIpc) is 2.50. The van der Waals surface area contributed by atoms with Gasteiger partial charge >= 0.3 is 5.97 Å². The maximum Gasteiger partial charge on any atom is 0.338 e. The van der Waals surface area contributed by atoms with E-state index in [0.717, 1.165) is 12.0 Å². The summed E-state index contributed by atoms with van der Waals surface area (Å²) in [6, 6.07) is 6.68. The zero-order chi connectivity index (χ0) is 16.5. The van der Waals surface area contributed by atoms with Gasteiger partial charge in [-0.1, -0.05) is 19.1 Å². The minimum Gasteiger partial charge on any atom is -0.449 e. The molecule has 6 nitrogen and oxygen atoms in total. The van der Waals surface area contributed by atoms with Crippen molar-refractivity contribution in [3.05, 3.63) is 35.4 Å². The quantitative estimate of drug-likeness (QED) is 0.746. The van der Waals surface area contributed by atoms with Gasteiger partial charge in [-0.2, -0.15) is 0 Å². The van der Waals surface area contributed by atoms with Crippen molar-refractivity contribution in [2.45, 2.75) is 39.8 Å². The molecule has 2 amide bonds. The first-order chi connectivity index (χ1) is 10.4. The molecule has 1 rings (SSSR count). The summed E-state index contributed by atoms with van der Waals surface area (Å²) in [5, 5.41) is 5.34. The van der Waals surface area contributed by atoms with E-state index in [-0.39, 0.29) is 11.8 Å². The molecule has 22 heavy (non-hydrogen) atoms. The summed E-state index contributed by atoms with van der Waals surface area (Å²) in [7, 11) is 0. The van der Waals surface area contributed by atoms with Gasteiger partial charge in [0, 0.05) is 20.0 Å². The Kier molecular flexibility index (Phi) is 7.08. The van der Waals surface area contributed by atoms with Crippen LogP contribution in [0.25, 0.3) is 0 Å². The van der Waals surface area contributed by atoms with Gasteiger partial charge < -0.3 is 15.4 Å². The van der Waals surface area contributed by atoms with Crippen molar-refractivity contribution >= 4 is 17.8 Å². The number of hydrogen-bond acceptors (Lipinski definition) is 4. The van der Waals surface area contributed by atoms with Gasteiger partial charge in [-0.3, -0.25) is 9.59 Å². The molecule has 0 fully saturated rings. The third-order valence-electron chi connectivity index (χ3n) is 2.93. The van der Waals surface area contributed by atoms with Crippen molar-refractivity contribution in [1.29, 1.82) is 0 Å². The second-order valence-electron chi connectivity index (χ2n) is 4.95. The Hall–Kier alpha value is -2.37. The Morgan fingerprint density at radius 1 is 1.14 bits per heavy atom. The molecule has 1 unspecified atom stereocenters. The molecule has 0 radical (unpaired) electrons. The summed E-state index contributed by atoms with van der Waals surface area (Å²) in [6.07, 6.45) is -0.0135. The number of nitrogens with one attached hydrogen (secondary N) is 2. The Morgan fingerprint density at radius 2 is 1.77 bits per heavy atom. The van der Waals surface area contributed by atoms with E-state index in [0.29, 0.717) is 18.7 Å². The van der Waals surface area contributed by atoms with Gasteiger partial charge in [0.15, 0.2) is 6.10 Å². The number of carbonyl (C=O) groups excluding carboxylic acids is 3. The first-order valence-corrected chi connectivity index (χ1v) is 7.26. The Balaban J connectivity index is 2.54. The van der Waals surface area contributed by atoms with Crippen LogP contribution in [0.3, 0.4) is 0 Å². The van der Waals surface area contributed by atoms with E-state index in [1.807, 2.05) is 6.92 Å². The van der Waals surface area contributed by atoms with Crippen LogP contribution in [0.2, 0.25) is 0 Å². The normalized spacial score (nSPS) is 11.4. The van der Waals surface area contributed by atoms with Crippen molar-refractivity contribution in [3.63, 3.8) is 0 Å². The molecule has 0 aliphatic carbocycles. The zero-order valence-corrected chi connectivity index (χ0v) is 13.1. The molecule has 1 aromatic carbocycles. The fourth-order valence-corrected chi connectivity index (χ4v) is 1.66. The van der Waals surface area contributed by atoms with Crippen molar-refractivity contribution in [1.82, 2.24) is 10.6 Å². The summed E-state index contributed by atoms with van der Waals surface area (Å²) in [5.41, 5.74) is 1.24. The molecular weight excluding hydrogens is 284 g/mol. The lowest BCUT2D eigenvalue weighted by atomic mass is 10.1. The first kappa shape index (κ1) is 17.7. The summed E-state index contributed by atoms with van der Waals surface area (Å²) < 4.78 is 5.11. The van der Waals surface area contributed by atoms with E-state index in [4.69, 9.17) is 4.74 Å². The minimum absolute atomic E-state index is 0.115. The van der Waals surface area contributed by atoms with E-state index < -0.39 is 12.1 Å². The number of rotatable bonds is 7. The van der Waals surface area contributed by atoms with Gasteiger partial charge in [0.2, 0.25) is 5.91 Å². The van der Waals surface area contributed by atoms with Crippen molar-refractivity contribution in [2.24, 2.45) is 0 Å². The van der Waals surface area contributed by atoms with Crippen LogP contribution in [0.4, 0.5) is 0 Å². The number of carbonyl (C=O) groups is 3. The number of esters is 1. The monoisotopic (exact) mass is 306 g/mol. The van der Waals surface area contributed by atoms with Gasteiger partial charge in [0.25, 0.3) is 5.91 Å². The van der Waals surface area contributed by atoms with E-state index in [1.54, 1.807) is 24.3 Å². The number of benzene rings is 1. The fraction of sp³-hybridized carbons (Fsp3) is 0.438. The van der Waals surface area contributed by atoms with Crippen LogP contribution in [-0.2, 0) is 20.9 Å². The molecule has 120 valence electrons. The largest absolute Gasteiger partial charge is 0.449 e. The van der Waals surface area contributed by atoms with E-state index >= 15 is 0 Å². The van der Waals surface area contributed by atoms with E-state index in [9.17, 15) is 14.4 Å². The second-order valence-corrected chi connectivity index (χ2v) is 4.95. The molecule has 6 heteroatoms. The molecule has 0 saturated carbocycles. The lowest BCUT2D eigenvalue weighted by Gasteiger charge is -2.13. The molecule has 1 atom stereocenters. The van der Waals surface area contributed by atoms with Crippen molar-refractivity contribution in [3.8, 4) is 0 Å². The van der Waals surface area contributed by atoms with Gasteiger partial charge in [-0.25, -0.2) is 4.79 Å². The topological polar surface area (TPSA) is 84.5 Å².